The van der Waals surface area contributed by atoms with Crippen molar-refractivity contribution in [3.63, 3.8) is 0 Å². The van der Waals surface area contributed by atoms with Gasteiger partial charge in [-0.25, -0.2) is 0 Å². The van der Waals surface area contributed by atoms with Gasteiger partial charge in [0.15, 0.2) is 0 Å². The number of ether oxygens (including phenoxy) is 2. The zero-order valence-corrected chi connectivity index (χ0v) is 35.1. The molecule has 302 valence electrons. The van der Waals surface area contributed by atoms with Gasteiger partial charge in [-0.3, -0.25) is 4.90 Å². The summed E-state index contributed by atoms with van der Waals surface area (Å²) in [4.78, 5) is 3.34. The minimum atomic E-state index is 0.520. The van der Waals surface area contributed by atoms with E-state index < -0.39 is 0 Å². The first-order valence-electron chi connectivity index (χ1n) is 25.5. The molecule has 12 fully saturated rings. The molecular weight excluding hydrogens is 679 g/mol. The molecule has 19 atom stereocenters. The third kappa shape index (κ3) is 6.07. The van der Waals surface area contributed by atoms with Gasteiger partial charge >= 0.3 is 0 Å². The number of hydrogen-bond acceptors (Lipinski definition) is 4. The molecule has 12 rings (SSSR count). The fourth-order valence-corrected chi connectivity index (χ4v) is 21.1. The first-order valence-corrected chi connectivity index (χ1v) is 26.4. The van der Waals surface area contributed by atoms with Crippen molar-refractivity contribution in [2.45, 2.75) is 239 Å². The summed E-state index contributed by atoms with van der Waals surface area (Å²) < 4.78 is 15.1. The van der Waals surface area contributed by atoms with Gasteiger partial charge in [0.25, 0.3) is 0 Å². The van der Waals surface area contributed by atoms with Crippen molar-refractivity contribution < 1.29 is 9.47 Å². The normalized spacial score (nSPS) is 56.7. The molecule has 3 saturated heterocycles. The molecule has 19 unspecified atom stereocenters. The van der Waals surface area contributed by atoms with Gasteiger partial charge in [0.2, 0.25) is 0 Å². The second kappa shape index (κ2) is 15.0. The minimum absolute atomic E-state index is 0.520. The Kier molecular flexibility index (Phi) is 10.1. The highest BCUT2D eigenvalue weighted by Gasteiger charge is 2.61. The predicted molar refractivity (Wildman–Crippen MR) is 221 cm³/mol. The van der Waals surface area contributed by atoms with Gasteiger partial charge in [-0.15, -0.1) is 0 Å². The molecule has 9 saturated carbocycles. The lowest BCUT2D eigenvalue weighted by Crippen LogP contribution is -2.59. The maximum Gasteiger partial charge on any atom is 0.0766 e. The largest absolute Gasteiger partial charge is 0.374 e. The molecule has 4 heteroatoms. The molecule has 0 aromatic rings. The smallest absolute Gasteiger partial charge is 0.0766 e. The van der Waals surface area contributed by atoms with Crippen LogP contribution in [0, 0.1) is 71.0 Å². The molecular formula is C50H79NO2S. The van der Waals surface area contributed by atoms with E-state index >= 15 is 0 Å². The molecule has 0 bridgehead atoms. The van der Waals surface area contributed by atoms with Crippen molar-refractivity contribution in [2.75, 3.05) is 0 Å². The van der Waals surface area contributed by atoms with E-state index in [1.807, 2.05) is 0 Å². The summed E-state index contributed by atoms with van der Waals surface area (Å²) in [5.74, 6) is 11.6. The SMILES string of the molecule is C1CCC2C(C1)CCCC2C1CCC(N(C2CCC3C(C2)OC2CCC4CCCCC4C23)C2CCCC3C4CCC5SC6CCCCC6C5C4OC32)CC1. The summed E-state index contributed by atoms with van der Waals surface area (Å²) in [6, 6.07) is 2.21. The second-order valence-corrected chi connectivity index (χ2v) is 24.2. The molecule has 0 aromatic carbocycles. The van der Waals surface area contributed by atoms with E-state index in [2.05, 4.69) is 16.7 Å². The van der Waals surface area contributed by atoms with E-state index in [-0.39, 0.29) is 0 Å². The van der Waals surface area contributed by atoms with Gasteiger partial charge in [0, 0.05) is 34.5 Å². The molecule has 0 aromatic heterocycles. The summed E-state index contributed by atoms with van der Waals surface area (Å²) in [5, 5.41) is 1.87. The van der Waals surface area contributed by atoms with Crippen molar-refractivity contribution >= 4 is 11.8 Å². The van der Waals surface area contributed by atoms with Crippen molar-refractivity contribution in [1.82, 2.24) is 4.90 Å². The minimum Gasteiger partial charge on any atom is -0.374 e. The lowest BCUT2D eigenvalue weighted by atomic mass is 9.59. The van der Waals surface area contributed by atoms with Crippen LogP contribution in [0.3, 0.4) is 0 Å². The third-order valence-corrected chi connectivity index (χ3v) is 22.7. The van der Waals surface area contributed by atoms with E-state index in [0.717, 1.165) is 93.6 Å². The Hall–Kier alpha value is 0.230. The quantitative estimate of drug-likeness (QED) is 0.285. The standard InChI is InChI=1S/C50H79NO2S/c1-3-12-35-30(9-1)11-7-15-36(35)32-19-22-33(23-20-32)51(34-24-25-40-44(29-34)52-43-27-21-31-10-2-4-13-37(31)47(40)43)42-17-8-16-38-39-26-28-46-48(50(39)53-49(38)42)41-14-5-6-18-45(41)54-46/h30-50H,1-29H2. The van der Waals surface area contributed by atoms with Gasteiger partial charge in [-0.1, -0.05) is 70.6 Å². The van der Waals surface area contributed by atoms with Crippen molar-refractivity contribution in [2.24, 2.45) is 71.0 Å². The van der Waals surface area contributed by atoms with Crippen LogP contribution >= 0.6 is 11.8 Å². The highest BCUT2D eigenvalue weighted by atomic mass is 32.2. The van der Waals surface area contributed by atoms with Gasteiger partial charge in [0.05, 0.1) is 24.4 Å². The van der Waals surface area contributed by atoms with Crippen LogP contribution in [-0.2, 0) is 9.47 Å². The molecule has 0 spiro atoms. The Balaban J connectivity index is 0.811. The van der Waals surface area contributed by atoms with Crippen LogP contribution in [0.25, 0.3) is 0 Å². The van der Waals surface area contributed by atoms with Crippen molar-refractivity contribution in [1.29, 1.82) is 0 Å². The zero-order chi connectivity index (χ0) is 35.3. The summed E-state index contributed by atoms with van der Waals surface area (Å²) in [6.07, 6.45) is 45.7. The fraction of sp³-hybridized carbons (Fsp3) is 1.00. The highest BCUT2D eigenvalue weighted by Crippen LogP contribution is 2.62. The van der Waals surface area contributed by atoms with Crippen LogP contribution in [0.1, 0.15) is 186 Å². The predicted octanol–water partition coefficient (Wildman–Crippen LogP) is 12.2. The van der Waals surface area contributed by atoms with Gasteiger partial charge < -0.3 is 9.47 Å². The zero-order valence-electron chi connectivity index (χ0n) is 34.3. The molecule has 0 amide bonds. The Morgan fingerprint density at radius 2 is 0.963 bits per heavy atom. The fourth-order valence-electron chi connectivity index (χ4n) is 19.0. The second-order valence-electron chi connectivity index (χ2n) is 22.7. The summed E-state index contributed by atoms with van der Waals surface area (Å²) >= 11 is 2.45. The lowest BCUT2D eigenvalue weighted by Gasteiger charge is -2.53. The topological polar surface area (TPSA) is 21.7 Å². The van der Waals surface area contributed by atoms with E-state index in [0.29, 0.717) is 30.5 Å². The first-order chi connectivity index (χ1) is 26.8. The van der Waals surface area contributed by atoms with Crippen LogP contribution < -0.4 is 0 Å². The van der Waals surface area contributed by atoms with Crippen LogP contribution in [0.4, 0.5) is 0 Å². The lowest BCUT2D eigenvalue weighted by molar-refractivity contribution is -0.107. The molecule has 3 heterocycles. The summed E-state index contributed by atoms with van der Waals surface area (Å²) in [5.41, 5.74) is 0. The molecule has 12 aliphatic rings. The number of fused-ring (bicyclic) bond motifs is 13. The highest BCUT2D eigenvalue weighted by molar-refractivity contribution is 8.00. The van der Waals surface area contributed by atoms with E-state index in [1.54, 1.807) is 32.1 Å². The first kappa shape index (κ1) is 36.1. The molecule has 0 radical (unpaired) electrons. The number of nitrogens with zero attached hydrogens (tertiary/aromatic N) is 1. The Morgan fingerprint density at radius 1 is 0.352 bits per heavy atom. The molecule has 0 N–H and O–H groups in total. The summed E-state index contributed by atoms with van der Waals surface area (Å²) in [6.45, 7) is 0. The van der Waals surface area contributed by atoms with Crippen LogP contribution in [0.5, 0.6) is 0 Å². The maximum absolute atomic E-state index is 7.82. The van der Waals surface area contributed by atoms with Crippen LogP contribution in [0.15, 0.2) is 0 Å². The van der Waals surface area contributed by atoms with E-state index in [9.17, 15) is 0 Å². The Labute approximate surface area is 335 Å². The molecule has 54 heavy (non-hydrogen) atoms. The van der Waals surface area contributed by atoms with Crippen LogP contribution in [-0.4, -0.2) is 57.9 Å². The number of hydrogen-bond donors (Lipinski definition) is 0. The van der Waals surface area contributed by atoms with Crippen molar-refractivity contribution in [3.05, 3.63) is 0 Å². The van der Waals surface area contributed by atoms with E-state index in [1.165, 1.54) is 154 Å². The Morgan fingerprint density at radius 3 is 1.83 bits per heavy atom. The molecule has 3 nitrogen and oxygen atoms in total. The Bertz CT molecular complexity index is 1310. The average molecular weight is 758 g/mol. The average Bonchev–Trinajstić information content (AvgIpc) is 3.92. The van der Waals surface area contributed by atoms with Gasteiger partial charge in [-0.2, -0.15) is 11.8 Å². The third-order valence-electron chi connectivity index (χ3n) is 20.9. The number of rotatable bonds is 4. The van der Waals surface area contributed by atoms with E-state index in [4.69, 9.17) is 9.47 Å². The molecule has 9 aliphatic carbocycles. The number of thioether (sulfide) groups is 1. The monoisotopic (exact) mass is 758 g/mol. The molecule has 3 aliphatic heterocycles. The summed E-state index contributed by atoms with van der Waals surface area (Å²) in [7, 11) is 0. The van der Waals surface area contributed by atoms with Gasteiger partial charge in [0.1, 0.15) is 0 Å². The van der Waals surface area contributed by atoms with Crippen molar-refractivity contribution in [3.8, 4) is 0 Å². The van der Waals surface area contributed by atoms with Crippen LogP contribution in [0.2, 0.25) is 0 Å². The van der Waals surface area contributed by atoms with Gasteiger partial charge in [-0.05, 0) is 181 Å². The maximum atomic E-state index is 7.82.